The van der Waals surface area contributed by atoms with E-state index in [9.17, 15) is 9.59 Å². The Hall–Kier alpha value is -1.42. The molecule has 0 bridgehead atoms. The van der Waals surface area contributed by atoms with Crippen LogP contribution < -0.4 is 0 Å². The van der Waals surface area contributed by atoms with Crippen LogP contribution in [0.1, 0.15) is 5.76 Å². The summed E-state index contributed by atoms with van der Waals surface area (Å²) in [4.78, 5) is 24.5. The second kappa shape index (κ2) is 7.45. The predicted octanol–water partition coefficient (Wildman–Crippen LogP) is 4.76. The van der Waals surface area contributed by atoms with Crippen molar-refractivity contribution < 1.29 is 19.1 Å². The zero-order valence-corrected chi connectivity index (χ0v) is 17.2. The van der Waals surface area contributed by atoms with Crippen molar-refractivity contribution in [1.29, 1.82) is 0 Å². The minimum absolute atomic E-state index is 0.222. The number of thioether (sulfide) groups is 1. The molecule has 2 aromatic rings. The average Bonchev–Trinajstić information content (AvgIpc) is 3.10. The van der Waals surface area contributed by atoms with Gasteiger partial charge in [-0.3, -0.25) is 14.5 Å². The van der Waals surface area contributed by atoms with Gasteiger partial charge in [0.15, 0.2) is 0 Å². The lowest BCUT2D eigenvalue weighted by Crippen LogP contribution is -2.33. The van der Waals surface area contributed by atoms with E-state index < -0.39 is 18.4 Å². The van der Waals surface area contributed by atoms with Gasteiger partial charge in [0.25, 0.3) is 5.91 Å². The summed E-state index contributed by atoms with van der Waals surface area (Å²) in [5.74, 6) is -0.422. The molecule has 3 rings (SSSR count). The zero-order chi connectivity index (χ0) is 18.1. The molecule has 2 heterocycles. The van der Waals surface area contributed by atoms with Gasteiger partial charge in [0.2, 0.25) is 0 Å². The van der Waals surface area contributed by atoms with Crippen LogP contribution in [0.25, 0.3) is 17.4 Å². The van der Waals surface area contributed by atoms with Gasteiger partial charge in [0.1, 0.15) is 22.4 Å². The maximum absolute atomic E-state index is 12.3. The van der Waals surface area contributed by atoms with E-state index >= 15 is 0 Å². The highest BCUT2D eigenvalue weighted by atomic mass is 79.9. The van der Waals surface area contributed by atoms with Gasteiger partial charge in [0, 0.05) is 20.6 Å². The number of carboxylic acid groups (broad SMARTS) is 1. The second-order valence-corrected chi connectivity index (χ2v) is 8.43. The molecule has 0 saturated carbocycles. The van der Waals surface area contributed by atoms with Crippen LogP contribution in [0.4, 0.5) is 0 Å². The first kappa shape index (κ1) is 18.4. The topological polar surface area (TPSA) is 70.8 Å². The molecule has 0 spiro atoms. The molecule has 1 aromatic heterocycles. The summed E-state index contributed by atoms with van der Waals surface area (Å²) in [5, 5.41) is 8.85. The van der Waals surface area contributed by atoms with E-state index in [1.807, 2.05) is 18.2 Å². The van der Waals surface area contributed by atoms with Crippen LogP contribution in [0.3, 0.4) is 0 Å². The van der Waals surface area contributed by atoms with Crippen LogP contribution in [0, 0.1) is 0 Å². The number of carbonyl (C=O) groups excluding carboxylic acids is 1. The molecule has 0 aliphatic carbocycles. The van der Waals surface area contributed by atoms with Gasteiger partial charge in [-0.1, -0.05) is 55.8 Å². The molecule has 1 aromatic carbocycles. The van der Waals surface area contributed by atoms with Crippen LogP contribution in [-0.2, 0) is 9.59 Å². The van der Waals surface area contributed by atoms with Crippen molar-refractivity contribution in [3.05, 3.63) is 49.9 Å². The summed E-state index contributed by atoms with van der Waals surface area (Å²) in [5.41, 5.74) is 0.868. The van der Waals surface area contributed by atoms with Gasteiger partial charge in [0.05, 0.1) is 4.91 Å². The number of furan rings is 1. The standard InChI is InChI=1S/C16H9Br2NO4S2/c17-8-1-3-11(18)10(5-8)12-4-2-9(23-12)6-13-15(22)19(7-14(20)21)16(24)25-13/h1-6H,7H2,(H,20,21). The van der Waals surface area contributed by atoms with Crippen molar-refractivity contribution in [3.8, 4) is 11.3 Å². The van der Waals surface area contributed by atoms with E-state index in [2.05, 4.69) is 31.9 Å². The third kappa shape index (κ3) is 4.05. The Kier molecular flexibility index (Phi) is 5.47. The Morgan fingerprint density at radius 2 is 2.08 bits per heavy atom. The first-order valence-corrected chi connectivity index (χ1v) is 9.68. The smallest absolute Gasteiger partial charge is 0.323 e. The predicted molar refractivity (Wildman–Crippen MR) is 107 cm³/mol. The van der Waals surface area contributed by atoms with Gasteiger partial charge in [-0.15, -0.1) is 0 Å². The number of benzene rings is 1. The number of thiocarbonyl (C=S) groups is 1. The third-order valence-corrected chi connectivity index (χ3v) is 5.82. The van der Waals surface area contributed by atoms with E-state index in [1.165, 1.54) is 0 Å². The maximum Gasteiger partial charge on any atom is 0.323 e. The Labute approximate surface area is 169 Å². The molecular weight excluding hydrogens is 494 g/mol. The van der Waals surface area contributed by atoms with Crippen LogP contribution in [0.15, 0.2) is 48.6 Å². The second-order valence-electron chi connectivity index (χ2n) is 4.99. The van der Waals surface area contributed by atoms with Crippen molar-refractivity contribution in [2.24, 2.45) is 0 Å². The maximum atomic E-state index is 12.3. The Morgan fingerprint density at radius 3 is 2.80 bits per heavy atom. The largest absolute Gasteiger partial charge is 0.480 e. The number of rotatable bonds is 4. The van der Waals surface area contributed by atoms with Gasteiger partial charge >= 0.3 is 5.97 Å². The highest BCUT2D eigenvalue weighted by Crippen LogP contribution is 2.35. The van der Waals surface area contributed by atoms with E-state index in [0.717, 1.165) is 31.2 Å². The molecule has 0 unspecified atom stereocenters. The minimum atomic E-state index is -1.11. The van der Waals surface area contributed by atoms with E-state index in [4.69, 9.17) is 21.7 Å². The summed E-state index contributed by atoms with van der Waals surface area (Å²) in [6, 6.07) is 9.27. The van der Waals surface area contributed by atoms with Crippen molar-refractivity contribution in [1.82, 2.24) is 4.90 Å². The Morgan fingerprint density at radius 1 is 1.32 bits per heavy atom. The number of carbonyl (C=O) groups is 2. The first-order chi connectivity index (χ1) is 11.8. The summed E-state index contributed by atoms with van der Waals surface area (Å²) in [6.45, 7) is -0.448. The summed E-state index contributed by atoms with van der Waals surface area (Å²) >= 11 is 13.0. The van der Waals surface area contributed by atoms with E-state index in [-0.39, 0.29) is 4.32 Å². The number of nitrogens with zero attached hydrogens (tertiary/aromatic N) is 1. The fourth-order valence-corrected chi connectivity index (χ4v) is 4.20. The monoisotopic (exact) mass is 501 g/mol. The van der Waals surface area contributed by atoms with Crippen molar-refractivity contribution in [2.75, 3.05) is 6.54 Å². The molecule has 5 nitrogen and oxygen atoms in total. The molecule has 25 heavy (non-hydrogen) atoms. The van der Waals surface area contributed by atoms with E-state index in [0.29, 0.717) is 16.4 Å². The quantitative estimate of drug-likeness (QED) is 0.480. The number of hydrogen-bond donors (Lipinski definition) is 1. The van der Waals surface area contributed by atoms with Gasteiger partial charge < -0.3 is 9.52 Å². The normalized spacial score (nSPS) is 16.1. The molecule has 1 aliphatic rings. The number of halogens is 2. The Balaban J connectivity index is 1.87. The molecule has 9 heteroatoms. The lowest BCUT2D eigenvalue weighted by molar-refractivity contribution is -0.140. The number of aliphatic carboxylic acids is 1. The van der Waals surface area contributed by atoms with Gasteiger partial charge in [-0.2, -0.15) is 0 Å². The summed E-state index contributed by atoms with van der Waals surface area (Å²) in [7, 11) is 0. The highest BCUT2D eigenvalue weighted by Gasteiger charge is 2.33. The lowest BCUT2D eigenvalue weighted by atomic mass is 10.2. The van der Waals surface area contributed by atoms with Crippen molar-refractivity contribution in [3.63, 3.8) is 0 Å². The average molecular weight is 503 g/mol. The number of amides is 1. The molecule has 1 aliphatic heterocycles. The van der Waals surface area contributed by atoms with Crippen LogP contribution >= 0.6 is 55.8 Å². The van der Waals surface area contributed by atoms with Crippen molar-refractivity contribution in [2.45, 2.75) is 0 Å². The molecule has 1 fully saturated rings. The lowest BCUT2D eigenvalue weighted by Gasteiger charge is -2.09. The minimum Gasteiger partial charge on any atom is -0.480 e. The highest BCUT2D eigenvalue weighted by molar-refractivity contribution is 9.11. The van der Waals surface area contributed by atoms with Crippen LogP contribution in [0.2, 0.25) is 0 Å². The first-order valence-electron chi connectivity index (χ1n) is 6.87. The summed E-state index contributed by atoms with van der Waals surface area (Å²) in [6.07, 6.45) is 1.57. The molecular formula is C16H9Br2NO4S2. The fraction of sp³-hybridized carbons (Fsp3) is 0.0625. The number of carboxylic acids is 1. The van der Waals surface area contributed by atoms with Gasteiger partial charge in [-0.05, 0) is 30.3 Å². The summed E-state index contributed by atoms with van der Waals surface area (Å²) < 4.78 is 7.81. The Bertz CT molecular complexity index is 923. The third-order valence-electron chi connectivity index (χ3n) is 3.26. The van der Waals surface area contributed by atoms with Crippen molar-refractivity contribution >= 4 is 78.1 Å². The van der Waals surface area contributed by atoms with Gasteiger partial charge in [-0.25, -0.2) is 0 Å². The fourth-order valence-electron chi connectivity index (χ4n) is 2.16. The van der Waals surface area contributed by atoms with Crippen LogP contribution in [-0.4, -0.2) is 32.7 Å². The zero-order valence-electron chi connectivity index (χ0n) is 12.4. The molecule has 128 valence electrons. The molecule has 1 amide bonds. The molecule has 1 saturated heterocycles. The molecule has 0 radical (unpaired) electrons. The molecule has 1 N–H and O–H groups in total. The SMILES string of the molecule is O=C(O)CN1C(=O)C(=Cc2ccc(-c3cc(Br)ccc3Br)o2)SC1=S. The number of hydrogen-bond acceptors (Lipinski definition) is 5. The van der Waals surface area contributed by atoms with E-state index in [1.54, 1.807) is 18.2 Å². The van der Waals surface area contributed by atoms with Crippen LogP contribution in [0.5, 0.6) is 0 Å². The molecule has 0 atom stereocenters.